The molecule has 1 rings (SSSR count). The van der Waals surface area contributed by atoms with Gasteiger partial charge in [0.1, 0.15) is 0 Å². The van der Waals surface area contributed by atoms with Gasteiger partial charge in [0, 0.05) is 26.2 Å². The maximum atomic E-state index is 11.7. The number of hydrogen-bond donors (Lipinski definition) is 1. The smallest absolute Gasteiger partial charge is 0.317 e. The van der Waals surface area contributed by atoms with Crippen LogP contribution in [-0.4, -0.2) is 85.0 Å². The molecule has 0 aromatic carbocycles. The van der Waals surface area contributed by atoms with Crippen LogP contribution >= 0.6 is 0 Å². The minimum absolute atomic E-state index is 0.0382. The molecule has 6 heteroatoms. The Morgan fingerprint density at radius 3 is 2.24 bits per heavy atom. The van der Waals surface area contributed by atoms with E-state index in [-0.39, 0.29) is 19.0 Å². The van der Waals surface area contributed by atoms with Crippen LogP contribution < -0.4 is 0 Å². The third-order valence-corrected chi connectivity index (χ3v) is 2.79. The van der Waals surface area contributed by atoms with E-state index < -0.39 is 5.97 Å². The summed E-state index contributed by atoms with van der Waals surface area (Å²) in [5, 5.41) is 8.79. The maximum Gasteiger partial charge on any atom is 0.317 e. The van der Waals surface area contributed by atoms with Gasteiger partial charge in [0.2, 0.25) is 5.91 Å². The van der Waals surface area contributed by atoms with Crippen LogP contribution in [0, 0.1) is 0 Å². The van der Waals surface area contributed by atoms with Gasteiger partial charge in [-0.2, -0.15) is 0 Å². The predicted octanol–water partition coefficient (Wildman–Crippen LogP) is -0.833. The molecule has 1 N–H and O–H groups in total. The zero-order valence-corrected chi connectivity index (χ0v) is 10.6. The van der Waals surface area contributed by atoms with E-state index in [2.05, 4.69) is 0 Å². The Labute approximate surface area is 102 Å². The highest BCUT2D eigenvalue weighted by atomic mass is 16.4. The molecule has 0 atom stereocenters. The van der Waals surface area contributed by atoms with Crippen LogP contribution in [0.3, 0.4) is 0 Å². The van der Waals surface area contributed by atoms with Crippen molar-refractivity contribution in [3.8, 4) is 0 Å². The summed E-state index contributed by atoms with van der Waals surface area (Å²) in [4.78, 5) is 27.9. The highest BCUT2D eigenvalue weighted by Crippen LogP contribution is 2.06. The first-order valence-electron chi connectivity index (χ1n) is 5.85. The molecule has 1 aliphatic rings. The number of hydrogen-bond acceptors (Lipinski definition) is 4. The molecule has 0 aromatic rings. The number of rotatable bonds is 7. The highest BCUT2D eigenvalue weighted by Gasteiger charge is 2.23. The van der Waals surface area contributed by atoms with Gasteiger partial charge in [-0.25, -0.2) is 0 Å². The van der Waals surface area contributed by atoms with Crippen molar-refractivity contribution < 1.29 is 14.7 Å². The molecule has 0 spiro atoms. The van der Waals surface area contributed by atoms with Crippen LogP contribution in [-0.2, 0) is 9.59 Å². The molecule has 0 unspecified atom stereocenters. The van der Waals surface area contributed by atoms with Gasteiger partial charge in [0.15, 0.2) is 0 Å². The van der Waals surface area contributed by atoms with Crippen molar-refractivity contribution in [2.24, 2.45) is 0 Å². The van der Waals surface area contributed by atoms with Crippen LogP contribution in [0.25, 0.3) is 0 Å². The van der Waals surface area contributed by atoms with Crippen LogP contribution in [0.1, 0.15) is 6.42 Å². The van der Waals surface area contributed by atoms with Gasteiger partial charge >= 0.3 is 5.97 Å². The average molecular weight is 243 g/mol. The number of likely N-dealkylation sites (N-methyl/N-ethyl adjacent to an activating group) is 1. The van der Waals surface area contributed by atoms with E-state index in [4.69, 9.17) is 5.11 Å². The molecule has 0 aliphatic carbocycles. The summed E-state index contributed by atoms with van der Waals surface area (Å²) in [6.07, 6.45) is 1.06. The Bertz CT molecular complexity index is 277. The number of aliphatic carboxylic acids is 1. The lowest BCUT2D eigenvalue weighted by atomic mass is 10.2. The van der Waals surface area contributed by atoms with E-state index in [1.807, 2.05) is 19.0 Å². The Morgan fingerprint density at radius 1 is 1.18 bits per heavy atom. The molecule has 1 aliphatic heterocycles. The third-order valence-electron chi connectivity index (χ3n) is 2.79. The molecule has 6 nitrogen and oxygen atoms in total. The second-order valence-electron chi connectivity index (χ2n) is 4.64. The molecule has 17 heavy (non-hydrogen) atoms. The summed E-state index contributed by atoms with van der Waals surface area (Å²) in [5.41, 5.74) is 0. The lowest BCUT2D eigenvalue weighted by molar-refractivity contribution is -0.140. The predicted molar refractivity (Wildman–Crippen MR) is 63.8 cm³/mol. The summed E-state index contributed by atoms with van der Waals surface area (Å²) < 4.78 is 0. The van der Waals surface area contributed by atoms with Gasteiger partial charge in [-0.15, -0.1) is 0 Å². The zero-order chi connectivity index (χ0) is 12.8. The van der Waals surface area contributed by atoms with Gasteiger partial charge in [-0.3, -0.25) is 14.5 Å². The van der Waals surface area contributed by atoms with Crippen molar-refractivity contribution in [3.63, 3.8) is 0 Å². The number of amides is 1. The third kappa shape index (κ3) is 5.14. The fourth-order valence-electron chi connectivity index (χ4n) is 1.60. The summed E-state index contributed by atoms with van der Waals surface area (Å²) in [6.45, 7) is 3.11. The molecule has 0 bridgehead atoms. The SMILES string of the molecule is CN(C)CCN(CC(=O)O)CC(=O)N1CCC1. The summed E-state index contributed by atoms with van der Waals surface area (Å²) in [6, 6.07) is 0. The van der Waals surface area contributed by atoms with Crippen molar-refractivity contribution in [2.45, 2.75) is 6.42 Å². The van der Waals surface area contributed by atoms with Gasteiger partial charge < -0.3 is 14.9 Å². The first-order valence-corrected chi connectivity index (χ1v) is 5.85. The van der Waals surface area contributed by atoms with E-state index in [1.165, 1.54) is 0 Å². The Morgan fingerprint density at radius 2 is 1.82 bits per heavy atom. The van der Waals surface area contributed by atoms with Gasteiger partial charge in [-0.1, -0.05) is 0 Å². The Hall–Kier alpha value is -1.14. The first-order chi connectivity index (χ1) is 7.99. The van der Waals surface area contributed by atoms with Crippen LogP contribution in [0.15, 0.2) is 0 Å². The summed E-state index contributed by atoms with van der Waals surface area (Å²) in [5.74, 6) is -0.851. The fourth-order valence-corrected chi connectivity index (χ4v) is 1.60. The van der Waals surface area contributed by atoms with Crippen molar-refractivity contribution in [1.82, 2.24) is 14.7 Å². The maximum absolute atomic E-state index is 11.7. The van der Waals surface area contributed by atoms with E-state index in [0.29, 0.717) is 6.54 Å². The molecule has 0 aromatic heterocycles. The summed E-state index contributed by atoms with van der Waals surface area (Å²) in [7, 11) is 3.85. The molecule has 1 heterocycles. The van der Waals surface area contributed by atoms with Gasteiger partial charge in [0.05, 0.1) is 13.1 Å². The second kappa shape index (κ2) is 6.56. The number of carboxylic acid groups (broad SMARTS) is 1. The molecular weight excluding hydrogens is 222 g/mol. The van der Waals surface area contributed by atoms with Crippen molar-refractivity contribution >= 4 is 11.9 Å². The number of nitrogens with zero attached hydrogens (tertiary/aromatic N) is 3. The molecule has 0 saturated carbocycles. The molecule has 1 amide bonds. The van der Waals surface area contributed by atoms with Crippen molar-refractivity contribution in [1.29, 1.82) is 0 Å². The first kappa shape index (κ1) is 13.9. The van der Waals surface area contributed by atoms with Crippen molar-refractivity contribution in [3.05, 3.63) is 0 Å². The van der Waals surface area contributed by atoms with Gasteiger partial charge in [-0.05, 0) is 20.5 Å². The number of carbonyl (C=O) groups excluding carboxylic acids is 1. The summed E-state index contributed by atoms with van der Waals surface area (Å²) >= 11 is 0. The molecule has 98 valence electrons. The van der Waals surface area contributed by atoms with Crippen molar-refractivity contribution in [2.75, 3.05) is 53.4 Å². The minimum atomic E-state index is -0.889. The largest absolute Gasteiger partial charge is 0.480 e. The monoisotopic (exact) mass is 243 g/mol. The quantitative estimate of drug-likeness (QED) is 0.632. The standard InChI is InChI=1S/C11H21N3O3/c1-12(2)6-7-13(9-11(16)17)8-10(15)14-4-3-5-14/h3-9H2,1-2H3,(H,16,17). The minimum Gasteiger partial charge on any atom is -0.480 e. The zero-order valence-electron chi connectivity index (χ0n) is 10.6. The van der Waals surface area contributed by atoms with Crippen LogP contribution in [0.5, 0.6) is 0 Å². The van der Waals surface area contributed by atoms with Crippen LogP contribution in [0.4, 0.5) is 0 Å². The second-order valence-corrected chi connectivity index (χ2v) is 4.64. The Kier molecular flexibility index (Phi) is 5.37. The number of likely N-dealkylation sites (tertiary alicyclic amines) is 1. The lowest BCUT2D eigenvalue weighted by Gasteiger charge is -2.33. The van der Waals surface area contributed by atoms with Crippen LogP contribution in [0.2, 0.25) is 0 Å². The van der Waals surface area contributed by atoms with E-state index in [1.54, 1.807) is 9.80 Å². The van der Waals surface area contributed by atoms with E-state index in [0.717, 1.165) is 26.1 Å². The van der Waals surface area contributed by atoms with Gasteiger partial charge in [0.25, 0.3) is 0 Å². The topological polar surface area (TPSA) is 64.1 Å². The molecule has 1 saturated heterocycles. The normalized spacial score (nSPS) is 15.2. The number of carbonyl (C=O) groups is 2. The Balaban J connectivity index is 2.38. The molecule has 1 fully saturated rings. The molecule has 0 radical (unpaired) electrons. The lowest BCUT2D eigenvalue weighted by Crippen LogP contribution is -2.48. The fraction of sp³-hybridized carbons (Fsp3) is 0.818. The number of carboxylic acids is 1. The van der Waals surface area contributed by atoms with E-state index >= 15 is 0 Å². The van der Waals surface area contributed by atoms with E-state index in [9.17, 15) is 9.59 Å². The highest BCUT2D eigenvalue weighted by molar-refractivity contribution is 5.79. The molecular formula is C11H21N3O3. The average Bonchev–Trinajstić information content (AvgIpc) is 2.10.